The highest BCUT2D eigenvalue weighted by Crippen LogP contribution is 2.22. The van der Waals surface area contributed by atoms with Crippen LogP contribution >= 0.6 is 11.6 Å². The number of anilines is 1. The summed E-state index contributed by atoms with van der Waals surface area (Å²) >= 11 is 6.03. The minimum Gasteiger partial charge on any atom is -0.369 e. The van der Waals surface area contributed by atoms with Gasteiger partial charge in [0.1, 0.15) is 5.82 Å². The molecule has 0 bridgehead atoms. The highest BCUT2D eigenvalue weighted by atomic mass is 35.5. The standard InChI is InChI=1S/C14H24ClN3/c1-5-7-8-18(6-2)13-10-16-14(11(3)4)17-12(13)9-15/h10-11H,5-9H2,1-4H3. The maximum absolute atomic E-state index is 6.03. The van der Waals surface area contributed by atoms with Crippen LogP contribution in [0.1, 0.15) is 58.0 Å². The molecule has 102 valence electrons. The lowest BCUT2D eigenvalue weighted by molar-refractivity contribution is 0.715. The molecule has 0 aromatic carbocycles. The normalized spacial score (nSPS) is 11.0. The molecule has 4 heteroatoms. The third kappa shape index (κ3) is 3.84. The smallest absolute Gasteiger partial charge is 0.131 e. The van der Waals surface area contributed by atoms with Crippen molar-refractivity contribution in [3.8, 4) is 0 Å². The summed E-state index contributed by atoms with van der Waals surface area (Å²) in [4.78, 5) is 11.3. The molecule has 3 nitrogen and oxygen atoms in total. The largest absolute Gasteiger partial charge is 0.369 e. The van der Waals surface area contributed by atoms with Gasteiger partial charge in [-0.1, -0.05) is 27.2 Å². The Morgan fingerprint density at radius 2 is 2.06 bits per heavy atom. The van der Waals surface area contributed by atoms with E-state index in [0.29, 0.717) is 11.8 Å². The first-order valence-electron chi connectivity index (χ1n) is 6.80. The highest BCUT2D eigenvalue weighted by Gasteiger charge is 2.13. The van der Waals surface area contributed by atoms with Crippen LogP contribution in [0.4, 0.5) is 5.69 Å². The van der Waals surface area contributed by atoms with E-state index in [1.165, 1.54) is 12.8 Å². The Hall–Kier alpha value is -0.830. The number of hydrogen-bond acceptors (Lipinski definition) is 3. The van der Waals surface area contributed by atoms with Gasteiger partial charge in [0, 0.05) is 19.0 Å². The summed E-state index contributed by atoms with van der Waals surface area (Å²) in [5.41, 5.74) is 2.04. The van der Waals surface area contributed by atoms with Crippen LogP contribution in [0, 0.1) is 0 Å². The van der Waals surface area contributed by atoms with Crippen molar-refractivity contribution in [2.75, 3.05) is 18.0 Å². The van der Waals surface area contributed by atoms with Crippen molar-refractivity contribution >= 4 is 17.3 Å². The molecule has 0 N–H and O–H groups in total. The molecule has 0 aliphatic rings. The average Bonchev–Trinajstić information content (AvgIpc) is 2.39. The summed E-state index contributed by atoms with van der Waals surface area (Å²) < 4.78 is 0. The van der Waals surface area contributed by atoms with E-state index in [2.05, 4.69) is 42.6 Å². The minimum atomic E-state index is 0.340. The Labute approximate surface area is 116 Å². The zero-order valence-corrected chi connectivity index (χ0v) is 12.7. The molecule has 0 aliphatic heterocycles. The number of hydrogen-bond donors (Lipinski definition) is 0. The summed E-state index contributed by atoms with van der Waals surface area (Å²) in [6.45, 7) is 10.6. The monoisotopic (exact) mass is 269 g/mol. The molecule has 0 atom stereocenters. The fourth-order valence-corrected chi connectivity index (χ4v) is 2.06. The SMILES string of the molecule is CCCCN(CC)c1cnc(C(C)C)nc1CCl. The van der Waals surface area contributed by atoms with Crippen LogP contribution in [0.15, 0.2) is 6.20 Å². The van der Waals surface area contributed by atoms with Crippen LogP contribution in [0.3, 0.4) is 0 Å². The third-order valence-corrected chi connectivity index (χ3v) is 3.26. The summed E-state index contributed by atoms with van der Waals surface area (Å²) in [7, 11) is 0. The Balaban J connectivity index is 2.98. The lowest BCUT2D eigenvalue weighted by atomic mass is 10.2. The van der Waals surface area contributed by atoms with Crippen LogP contribution in [0.5, 0.6) is 0 Å². The second kappa shape index (κ2) is 7.57. The van der Waals surface area contributed by atoms with Crippen LogP contribution in [-0.4, -0.2) is 23.1 Å². The molecular weight excluding hydrogens is 246 g/mol. The molecule has 18 heavy (non-hydrogen) atoms. The lowest BCUT2D eigenvalue weighted by Crippen LogP contribution is -2.25. The van der Waals surface area contributed by atoms with Crippen molar-refractivity contribution in [2.24, 2.45) is 0 Å². The van der Waals surface area contributed by atoms with Gasteiger partial charge >= 0.3 is 0 Å². The molecule has 1 rings (SSSR count). The Bertz CT molecular complexity index is 366. The topological polar surface area (TPSA) is 29.0 Å². The van der Waals surface area contributed by atoms with Crippen molar-refractivity contribution in [3.63, 3.8) is 0 Å². The highest BCUT2D eigenvalue weighted by molar-refractivity contribution is 6.17. The van der Waals surface area contributed by atoms with Gasteiger partial charge in [-0.05, 0) is 13.3 Å². The molecule has 1 heterocycles. The summed E-state index contributed by atoms with van der Waals surface area (Å²) in [5.74, 6) is 1.66. The molecule has 0 aliphatic carbocycles. The first kappa shape index (κ1) is 15.2. The van der Waals surface area contributed by atoms with Gasteiger partial charge in [0.2, 0.25) is 0 Å². The van der Waals surface area contributed by atoms with Gasteiger partial charge in [0.15, 0.2) is 0 Å². The molecular formula is C14H24ClN3. The Morgan fingerprint density at radius 1 is 1.33 bits per heavy atom. The van der Waals surface area contributed by atoms with E-state index < -0.39 is 0 Å². The van der Waals surface area contributed by atoms with Gasteiger partial charge in [0.25, 0.3) is 0 Å². The van der Waals surface area contributed by atoms with Gasteiger partial charge in [-0.25, -0.2) is 9.97 Å². The second-order valence-electron chi connectivity index (χ2n) is 4.78. The number of halogens is 1. The van der Waals surface area contributed by atoms with Crippen molar-refractivity contribution in [1.82, 2.24) is 9.97 Å². The van der Waals surface area contributed by atoms with E-state index >= 15 is 0 Å². The predicted molar refractivity (Wildman–Crippen MR) is 78.5 cm³/mol. The van der Waals surface area contributed by atoms with Gasteiger partial charge in [-0.2, -0.15) is 0 Å². The maximum atomic E-state index is 6.03. The van der Waals surface area contributed by atoms with E-state index in [1.54, 1.807) is 0 Å². The quantitative estimate of drug-likeness (QED) is 0.702. The minimum absolute atomic E-state index is 0.340. The summed E-state index contributed by atoms with van der Waals surface area (Å²) in [6, 6.07) is 0. The molecule has 0 fully saturated rings. The second-order valence-corrected chi connectivity index (χ2v) is 5.05. The van der Waals surface area contributed by atoms with Crippen LogP contribution in [0.2, 0.25) is 0 Å². The average molecular weight is 270 g/mol. The predicted octanol–water partition coefficient (Wildman–Crippen LogP) is 3.97. The lowest BCUT2D eigenvalue weighted by Gasteiger charge is -2.24. The molecule has 0 radical (unpaired) electrons. The van der Waals surface area contributed by atoms with E-state index in [0.717, 1.165) is 30.3 Å². The summed E-state index contributed by atoms with van der Waals surface area (Å²) in [5, 5.41) is 0. The van der Waals surface area contributed by atoms with E-state index in [9.17, 15) is 0 Å². The van der Waals surface area contributed by atoms with Crippen molar-refractivity contribution in [2.45, 2.75) is 52.3 Å². The van der Waals surface area contributed by atoms with E-state index in [1.807, 2.05) is 6.20 Å². The van der Waals surface area contributed by atoms with E-state index in [-0.39, 0.29) is 0 Å². The van der Waals surface area contributed by atoms with Crippen molar-refractivity contribution in [3.05, 3.63) is 17.7 Å². The molecule has 0 amide bonds. The number of unbranched alkanes of at least 4 members (excludes halogenated alkanes) is 1. The fraction of sp³-hybridized carbons (Fsp3) is 0.714. The first-order chi connectivity index (χ1) is 8.63. The Morgan fingerprint density at radius 3 is 2.56 bits per heavy atom. The van der Waals surface area contributed by atoms with Crippen LogP contribution in [0.25, 0.3) is 0 Å². The molecule has 0 saturated carbocycles. The molecule has 1 aromatic rings. The first-order valence-corrected chi connectivity index (χ1v) is 7.34. The Kier molecular flexibility index (Phi) is 6.41. The van der Waals surface area contributed by atoms with Gasteiger partial charge in [-0.15, -0.1) is 11.6 Å². The van der Waals surface area contributed by atoms with Gasteiger partial charge in [0.05, 0.1) is 23.5 Å². The van der Waals surface area contributed by atoms with Crippen LogP contribution in [-0.2, 0) is 5.88 Å². The number of nitrogens with zero attached hydrogens (tertiary/aromatic N) is 3. The number of alkyl halides is 1. The molecule has 0 saturated heterocycles. The maximum Gasteiger partial charge on any atom is 0.131 e. The third-order valence-electron chi connectivity index (χ3n) is 3.01. The zero-order valence-electron chi connectivity index (χ0n) is 11.9. The molecule has 0 unspecified atom stereocenters. The zero-order chi connectivity index (χ0) is 13.5. The molecule has 1 aromatic heterocycles. The summed E-state index contributed by atoms with van der Waals surface area (Å²) in [6.07, 6.45) is 4.30. The van der Waals surface area contributed by atoms with E-state index in [4.69, 9.17) is 11.6 Å². The van der Waals surface area contributed by atoms with Crippen molar-refractivity contribution < 1.29 is 0 Å². The number of aromatic nitrogens is 2. The molecule has 0 spiro atoms. The van der Waals surface area contributed by atoms with Gasteiger partial charge < -0.3 is 4.90 Å². The van der Waals surface area contributed by atoms with Crippen LogP contribution < -0.4 is 4.90 Å². The fourth-order valence-electron chi connectivity index (χ4n) is 1.86. The van der Waals surface area contributed by atoms with Gasteiger partial charge in [-0.3, -0.25) is 0 Å². The van der Waals surface area contributed by atoms with Crippen molar-refractivity contribution in [1.29, 1.82) is 0 Å². The number of rotatable bonds is 7.